The number of anilines is 1. The Hall–Kier alpha value is -4.66. The van der Waals surface area contributed by atoms with E-state index in [0.29, 0.717) is 35.7 Å². The van der Waals surface area contributed by atoms with Gasteiger partial charge < -0.3 is 24.9 Å². The van der Waals surface area contributed by atoms with E-state index < -0.39 is 11.5 Å². The third-order valence-electron chi connectivity index (χ3n) is 8.40. The number of carboxylic acids is 1. The first-order valence-electron chi connectivity index (χ1n) is 14.1. The molecule has 9 nitrogen and oxygen atoms in total. The van der Waals surface area contributed by atoms with Gasteiger partial charge in [0.25, 0.3) is 5.91 Å². The number of carbonyl (C=O) groups is 3. The van der Waals surface area contributed by atoms with E-state index in [1.165, 1.54) is 12.5 Å². The van der Waals surface area contributed by atoms with Crippen molar-refractivity contribution in [3.05, 3.63) is 78.0 Å². The van der Waals surface area contributed by atoms with Crippen molar-refractivity contribution in [2.24, 2.45) is 7.05 Å². The van der Waals surface area contributed by atoms with E-state index in [9.17, 15) is 14.4 Å². The number of carboxylic acid groups (broad SMARTS) is 1. The number of imidazole rings is 1. The molecule has 0 unspecified atom stereocenters. The number of aromatic nitrogens is 3. The molecule has 0 aliphatic heterocycles. The summed E-state index contributed by atoms with van der Waals surface area (Å²) in [7, 11) is 2.01. The van der Waals surface area contributed by atoms with Crippen LogP contribution >= 0.6 is 0 Å². The molecule has 2 aromatic heterocycles. The van der Waals surface area contributed by atoms with Crippen LogP contribution in [0.1, 0.15) is 66.9 Å². The minimum absolute atomic E-state index is 0.251. The lowest BCUT2D eigenvalue weighted by Crippen LogP contribution is -2.55. The largest absolute Gasteiger partial charge is 0.478 e. The van der Waals surface area contributed by atoms with Crippen molar-refractivity contribution in [3.63, 3.8) is 0 Å². The second kappa shape index (κ2) is 10.7. The van der Waals surface area contributed by atoms with Crippen LogP contribution in [0, 0.1) is 0 Å². The molecule has 2 saturated carbocycles. The molecule has 0 saturated heterocycles. The number of rotatable bonds is 8. The Labute approximate surface area is 237 Å². The molecule has 0 spiro atoms. The first-order valence-corrected chi connectivity index (χ1v) is 14.1. The molecule has 0 bridgehead atoms. The Bertz CT molecular complexity index is 1650. The van der Waals surface area contributed by atoms with Gasteiger partial charge in [0.15, 0.2) is 5.82 Å². The first-order chi connectivity index (χ1) is 19.8. The highest BCUT2D eigenvalue weighted by Gasteiger charge is 2.42. The van der Waals surface area contributed by atoms with E-state index in [-0.39, 0.29) is 11.8 Å². The highest BCUT2D eigenvalue weighted by molar-refractivity contribution is 6.05. The molecule has 0 radical (unpaired) electrons. The van der Waals surface area contributed by atoms with Crippen molar-refractivity contribution in [3.8, 4) is 11.5 Å². The third kappa shape index (κ3) is 5.15. The van der Waals surface area contributed by atoms with Gasteiger partial charge in [-0.1, -0.05) is 25.0 Å². The van der Waals surface area contributed by atoms with Crippen LogP contribution in [0.4, 0.5) is 5.69 Å². The van der Waals surface area contributed by atoms with Gasteiger partial charge in [0, 0.05) is 36.6 Å². The number of carbonyl (C=O) groups excluding carboxylic acids is 2. The summed E-state index contributed by atoms with van der Waals surface area (Å²) >= 11 is 0. The Kier molecular flexibility index (Phi) is 6.95. The maximum Gasteiger partial charge on any atom is 0.328 e. The standard InChI is InChI=1S/C32H33N5O4/c1-36-19-5-8-27(36)29-34-25-20-22(12-15-26(25)37(29)24-6-4-7-24)30(40)35-32(17-2-3-18-32)31(41)33-23-13-9-21(10-14-23)11-16-28(38)39/h5,8-16,19-20,24H,2-4,6-7,17-18H2,1H3,(H,33,41)(H,35,40)(H,38,39)/b16-11+. The number of hydrogen-bond donors (Lipinski definition) is 3. The van der Waals surface area contributed by atoms with Crippen LogP contribution in [0.2, 0.25) is 0 Å². The lowest BCUT2D eigenvalue weighted by molar-refractivity contribution is -0.131. The summed E-state index contributed by atoms with van der Waals surface area (Å²) in [4.78, 5) is 42.8. The number of benzene rings is 2. The summed E-state index contributed by atoms with van der Waals surface area (Å²) in [5.74, 6) is -0.662. The molecule has 4 aromatic rings. The van der Waals surface area contributed by atoms with Crippen molar-refractivity contribution in [2.45, 2.75) is 56.5 Å². The van der Waals surface area contributed by atoms with Crippen molar-refractivity contribution < 1.29 is 19.5 Å². The zero-order valence-electron chi connectivity index (χ0n) is 23.0. The van der Waals surface area contributed by atoms with Crippen LogP contribution in [0.3, 0.4) is 0 Å². The van der Waals surface area contributed by atoms with Gasteiger partial charge in [-0.25, -0.2) is 9.78 Å². The third-order valence-corrected chi connectivity index (χ3v) is 8.40. The van der Waals surface area contributed by atoms with E-state index in [1.807, 2.05) is 37.5 Å². The number of nitrogens with zero attached hydrogens (tertiary/aromatic N) is 3. The molecule has 2 heterocycles. The number of amides is 2. The highest BCUT2D eigenvalue weighted by Crippen LogP contribution is 2.39. The molecule has 2 aromatic carbocycles. The summed E-state index contributed by atoms with van der Waals surface area (Å²) in [6, 6.07) is 17.0. The fourth-order valence-electron chi connectivity index (χ4n) is 5.90. The average Bonchev–Trinajstić information content (AvgIpc) is 3.66. The van der Waals surface area contributed by atoms with Gasteiger partial charge in [0.1, 0.15) is 5.54 Å². The molecule has 6 rings (SSSR count). The molecule has 0 atom stereocenters. The Balaban J connectivity index is 1.24. The SMILES string of the molecule is Cn1cccc1-c1nc2cc(C(=O)NC3(C(=O)Nc4ccc(/C=C/C(=O)O)cc4)CCCC3)ccc2n1C1CCC1. The van der Waals surface area contributed by atoms with Gasteiger partial charge in [-0.2, -0.15) is 0 Å². The number of aliphatic carboxylic acids is 1. The second-order valence-corrected chi connectivity index (χ2v) is 11.1. The van der Waals surface area contributed by atoms with Crippen LogP contribution in [0.25, 0.3) is 28.6 Å². The molecule has 3 N–H and O–H groups in total. The van der Waals surface area contributed by atoms with Crippen molar-refractivity contribution in [2.75, 3.05) is 5.32 Å². The summed E-state index contributed by atoms with van der Waals surface area (Å²) in [5.41, 5.74) is 3.57. The lowest BCUT2D eigenvalue weighted by atomic mass is 9.92. The summed E-state index contributed by atoms with van der Waals surface area (Å²) in [6.45, 7) is 0. The summed E-state index contributed by atoms with van der Waals surface area (Å²) in [5, 5.41) is 14.8. The minimum atomic E-state index is -1.02. The quantitative estimate of drug-likeness (QED) is 0.248. The highest BCUT2D eigenvalue weighted by atomic mass is 16.4. The number of fused-ring (bicyclic) bond motifs is 1. The molecular weight excluding hydrogens is 518 g/mol. The summed E-state index contributed by atoms with van der Waals surface area (Å²) in [6.07, 6.45) is 10.8. The number of aryl methyl sites for hydroxylation is 1. The first kappa shape index (κ1) is 26.6. The van der Waals surface area contributed by atoms with Crippen LogP contribution in [0.15, 0.2) is 66.9 Å². The van der Waals surface area contributed by atoms with Gasteiger partial charge >= 0.3 is 5.97 Å². The Morgan fingerprint density at radius 2 is 1.78 bits per heavy atom. The van der Waals surface area contributed by atoms with Gasteiger partial charge in [-0.15, -0.1) is 0 Å². The predicted molar refractivity (Wildman–Crippen MR) is 157 cm³/mol. The van der Waals surface area contributed by atoms with E-state index in [0.717, 1.165) is 54.3 Å². The van der Waals surface area contributed by atoms with E-state index in [2.05, 4.69) is 25.8 Å². The lowest BCUT2D eigenvalue weighted by Gasteiger charge is -2.29. The maximum atomic E-state index is 13.6. The topological polar surface area (TPSA) is 118 Å². The zero-order valence-corrected chi connectivity index (χ0v) is 23.0. The van der Waals surface area contributed by atoms with E-state index >= 15 is 0 Å². The van der Waals surface area contributed by atoms with Crippen LogP contribution in [-0.2, 0) is 16.6 Å². The fraction of sp³-hybridized carbons (Fsp3) is 0.312. The zero-order chi connectivity index (χ0) is 28.6. The van der Waals surface area contributed by atoms with Crippen LogP contribution in [0.5, 0.6) is 0 Å². The second-order valence-electron chi connectivity index (χ2n) is 11.1. The van der Waals surface area contributed by atoms with Gasteiger partial charge in [0.05, 0.1) is 16.7 Å². The van der Waals surface area contributed by atoms with Gasteiger partial charge in [-0.3, -0.25) is 9.59 Å². The fourth-order valence-corrected chi connectivity index (χ4v) is 5.90. The molecule has 2 aliphatic rings. The Morgan fingerprint density at radius 3 is 2.41 bits per heavy atom. The van der Waals surface area contributed by atoms with Crippen molar-refractivity contribution in [1.29, 1.82) is 0 Å². The maximum absolute atomic E-state index is 13.6. The minimum Gasteiger partial charge on any atom is -0.478 e. The van der Waals surface area contributed by atoms with Crippen molar-refractivity contribution >= 4 is 40.6 Å². The van der Waals surface area contributed by atoms with Crippen LogP contribution in [-0.4, -0.2) is 42.5 Å². The smallest absolute Gasteiger partial charge is 0.328 e. The molecule has 9 heteroatoms. The Morgan fingerprint density at radius 1 is 1.02 bits per heavy atom. The summed E-state index contributed by atoms with van der Waals surface area (Å²) < 4.78 is 4.37. The molecule has 2 amide bonds. The molecule has 210 valence electrons. The van der Waals surface area contributed by atoms with Gasteiger partial charge in [0.2, 0.25) is 5.91 Å². The molecule has 2 aliphatic carbocycles. The van der Waals surface area contributed by atoms with E-state index in [1.54, 1.807) is 24.3 Å². The normalized spacial score (nSPS) is 16.6. The average molecular weight is 552 g/mol. The van der Waals surface area contributed by atoms with E-state index in [4.69, 9.17) is 10.1 Å². The molecular formula is C32H33N5O4. The monoisotopic (exact) mass is 551 g/mol. The van der Waals surface area contributed by atoms with Crippen molar-refractivity contribution in [1.82, 2.24) is 19.4 Å². The number of hydrogen-bond acceptors (Lipinski definition) is 4. The van der Waals surface area contributed by atoms with Gasteiger partial charge in [-0.05, 0) is 86.2 Å². The molecule has 41 heavy (non-hydrogen) atoms. The molecule has 2 fully saturated rings. The number of nitrogens with one attached hydrogen (secondary N) is 2. The van der Waals surface area contributed by atoms with Crippen LogP contribution < -0.4 is 10.6 Å². The predicted octanol–water partition coefficient (Wildman–Crippen LogP) is 5.55.